The Morgan fingerprint density at radius 1 is 0.679 bits per heavy atom. The van der Waals surface area contributed by atoms with Crippen molar-refractivity contribution in [3.63, 3.8) is 0 Å². The van der Waals surface area contributed by atoms with Crippen molar-refractivity contribution in [2.24, 2.45) is 14.1 Å². The van der Waals surface area contributed by atoms with Crippen LogP contribution in [0.1, 0.15) is 64.0 Å². The number of nitrogens with zero attached hydrogens (tertiary/aromatic N) is 7. The summed E-state index contributed by atoms with van der Waals surface area (Å²) in [6, 6.07) is 44.5. The maximum atomic E-state index is 13.7. The largest absolute Gasteiger partial charge is 0.756 e. The quantitative estimate of drug-likeness (QED) is 0.0166. The third kappa shape index (κ3) is 20.4. The first kappa shape index (κ1) is 77.7. The molecule has 0 bridgehead atoms. The normalized spacial score (nSPS) is 18.2. The van der Waals surface area contributed by atoms with E-state index in [0.717, 1.165) is 74.5 Å². The lowest BCUT2D eigenvalue weighted by molar-refractivity contribution is -0.645. The molecule has 0 radical (unpaired) electrons. The molecule has 5 N–H and O–H groups in total. The van der Waals surface area contributed by atoms with Gasteiger partial charge in [0.05, 0.1) is 80.3 Å². The molecule has 12 rings (SSSR count). The number of amides is 3. The zero-order valence-corrected chi connectivity index (χ0v) is 63.3. The van der Waals surface area contributed by atoms with E-state index in [1.165, 1.54) is 23.2 Å². The molecule has 4 aliphatic rings. The van der Waals surface area contributed by atoms with Gasteiger partial charge in [0.2, 0.25) is 28.8 Å². The van der Waals surface area contributed by atoms with Crippen molar-refractivity contribution < 1.29 is 61.4 Å². The Labute approximate surface area is 628 Å². The number of aliphatic carboxylic acids is 1. The van der Waals surface area contributed by atoms with E-state index in [9.17, 15) is 43.3 Å². The molecule has 5 aromatic carbocycles. The summed E-state index contributed by atoms with van der Waals surface area (Å²) in [5, 5.41) is 22.5. The van der Waals surface area contributed by atoms with Crippen molar-refractivity contribution in [3.8, 4) is 0 Å². The Morgan fingerprint density at radius 3 is 1.76 bits per heavy atom. The molecule has 24 nitrogen and oxygen atoms in total. The zero-order valence-electron chi connectivity index (χ0n) is 59.9. The van der Waals surface area contributed by atoms with Gasteiger partial charge in [-0.15, -0.1) is 0 Å². The van der Waals surface area contributed by atoms with E-state index in [4.69, 9.17) is 18.5 Å². The number of aromatic nitrogens is 4. The van der Waals surface area contributed by atoms with Gasteiger partial charge in [-0.05, 0) is 113 Å². The van der Waals surface area contributed by atoms with Crippen LogP contribution in [-0.2, 0) is 56.4 Å². The Balaban J connectivity index is 0.000000345. The molecule has 106 heavy (non-hydrogen) atoms. The number of phosphoric acid groups is 1. The average Bonchev–Trinajstić information content (AvgIpc) is 1.73. The van der Waals surface area contributed by atoms with Crippen LogP contribution >= 0.6 is 43.1 Å². The lowest BCUT2D eigenvalue weighted by Crippen LogP contribution is -2.45. The fourth-order valence-corrected chi connectivity index (χ4v) is 16.9. The Hall–Kier alpha value is -9.38. The highest BCUT2D eigenvalue weighted by Gasteiger charge is 2.41. The number of anilines is 3. The van der Waals surface area contributed by atoms with Gasteiger partial charge < -0.3 is 59.2 Å². The summed E-state index contributed by atoms with van der Waals surface area (Å²) in [7, 11) is -0.708. The highest BCUT2D eigenvalue weighted by molar-refractivity contribution is 8.04. The molecule has 28 heteroatoms. The van der Waals surface area contributed by atoms with Crippen molar-refractivity contribution in [1.29, 1.82) is 0 Å². The predicted octanol–water partition coefficient (Wildman–Crippen LogP) is 9.51. The Kier molecular flexibility index (Phi) is 26.6. The lowest BCUT2D eigenvalue weighted by Gasteiger charge is -2.29. The number of phosphoric ester groups is 1. The number of fused-ring (bicyclic) bond motifs is 5. The van der Waals surface area contributed by atoms with Crippen molar-refractivity contribution in [2.45, 2.75) is 91.7 Å². The number of carboxylic acids is 1. The molecule has 0 spiro atoms. The summed E-state index contributed by atoms with van der Waals surface area (Å²) in [5.74, 6) is -1.69. The topological polar surface area (TPSA) is 277 Å². The molecule has 7 heterocycles. The molecule has 0 aliphatic carbocycles. The molecular weight excluding hydrogens is 1430 g/mol. The number of H-pyrrole nitrogens is 1. The number of carbonyl (C=O) groups is 4. The minimum atomic E-state index is -4.77. The van der Waals surface area contributed by atoms with Gasteiger partial charge in [0.25, 0.3) is 13.4 Å². The number of carboxylic acid groups (broad SMARTS) is 1. The number of nitrogens with one attached hydrogen (secondary N) is 4. The number of pyridine rings is 2. The van der Waals surface area contributed by atoms with Crippen LogP contribution in [-0.4, -0.2) is 139 Å². The molecule has 4 aliphatic heterocycles. The summed E-state index contributed by atoms with van der Waals surface area (Å²) in [5.41, 5.74) is 5.78. The van der Waals surface area contributed by atoms with Crippen LogP contribution in [0.15, 0.2) is 217 Å². The van der Waals surface area contributed by atoms with Gasteiger partial charge in [0.1, 0.15) is 39.5 Å². The number of rotatable bonds is 29. The number of hydrogen-bond donors (Lipinski definition) is 5. The molecule has 3 aromatic heterocycles. The zero-order chi connectivity index (χ0) is 75.0. The fraction of sp³-hybridized carbons (Fsp3) is 0.308. The number of para-hydroxylation sites is 5. The third-order valence-corrected chi connectivity index (χ3v) is 22.3. The maximum absolute atomic E-state index is 13.7. The van der Waals surface area contributed by atoms with E-state index in [0.29, 0.717) is 26.2 Å². The number of allylic oxidation sites excluding steroid dienone is 4. The van der Waals surface area contributed by atoms with Gasteiger partial charge in [-0.3, -0.25) is 43.0 Å². The van der Waals surface area contributed by atoms with Crippen LogP contribution in [0.4, 0.5) is 17.1 Å². The van der Waals surface area contributed by atoms with Crippen LogP contribution in [0.25, 0.3) is 40.0 Å². The van der Waals surface area contributed by atoms with Gasteiger partial charge in [-0.2, -0.15) is 0 Å². The van der Waals surface area contributed by atoms with Crippen LogP contribution in [0.5, 0.6) is 0 Å². The molecule has 5 atom stereocenters. The van der Waals surface area contributed by atoms with Gasteiger partial charge in [0.15, 0.2) is 12.4 Å². The molecule has 3 amide bonds. The number of hydrogen-bond acceptors (Lipinski definition) is 19. The van der Waals surface area contributed by atoms with Crippen molar-refractivity contribution in [2.75, 3.05) is 80.2 Å². The number of thioether (sulfide) groups is 3. The summed E-state index contributed by atoms with van der Waals surface area (Å²) < 4.78 is 40.1. The van der Waals surface area contributed by atoms with Crippen LogP contribution in [0.2, 0.25) is 0 Å². The van der Waals surface area contributed by atoms with E-state index >= 15 is 0 Å². The highest BCUT2D eigenvalue weighted by Crippen LogP contribution is 2.48. The SMILES string of the molecule is CC(C)OCC1OC(n2cc(/C=C/C(=O)NCCN(CCNC(=O)CN3/C(=C/C=C/c4cc[n+](C)c5ccccc45)Sc4ccccc43)CCNC(=O)CN3c4ccccc4SC3C)c(=O)[nH]c2=O)CC1OP(=O)([O-])OC(C)C.C[n+]1ccc(/C=C/C=C2\Sc3ccccc3N2CC(=O)O)c2ccccc21. The number of aryl methyl sites for hydroxylation is 2. The highest BCUT2D eigenvalue weighted by atomic mass is 32.2. The average molecular weight is 1510 g/mol. The summed E-state index contributed by atoms with van der Waals surface area (Å²) in [6.07, 6.45) is 15.9. The van der Waals surface area contributed by atoms with Crippen molar-refractivity contribution >= 4 is 124 Å². The van der Waals surface area contributed by atoms with Crippen LogP contribution in [0, 0.1) is 0 Å². The molecular formula is C78H87N11O13PS3+. The standard InChI is InChI=1S/C56H68N9O11PS2.C22H18N2O2S/c1-37(2)73-36-47-46(76-77(71,72)75-38(3)4)32-53(74-47)65-33-41(55(69)60-56(65)70)22-23-50(66)57-25-29-62(30-26-58-51(67)34-63-39(5)78-48-19-11-9-17-44(48)63)31-27-59-52(68)35-64-45-18-10-12-20-49(45)79-54(64)21-13-14-40-24-28-61(6)43-16-8-7-15-42(40)43;1-23-14-13-16(17-8-2-3-9-18(17)23)7-6-12-21-24(15-22(25)26)19-10-4-5-11-20(19)27-21/h7-24,28,33,37-39,46-47,53H,25-27,29-32,34-36H2,1-6H3,(H4-,57,58,59,60,66,67,68,69,70,71,72);2-14H,15H2,1H3/p+1/b23-22+;. The Bertz CT molecular complexity index is 4870. The van der Waals surface area contributed by atoms with Crippen LogP contribution < -0.4 is 55.9 Å². The van der Waals surface area contributed by atoms with Crippen molar-refractivity contribution in [3.05, 3.63) is 230 Å². The molecule has 0 saturated carbocycles. The molecule has 1 fully saturated rings. The molecule has 8 aromatic rings. The monoisotopic (exact) mass is 1510 g/mol. The van der Waals surface area contributed by atoms with Gasteiger partial charge >= 0.3 is 11.7 Å². The van der Waals surface area contributed by atoms with E-state index in [-0.39, 0.29) is 74.6 Å². The van der Waals surface area contributed by atoms with Crippen LogP contribution in [0.3, 0.4) is 0 Å². The summed E-state index contributed by atoms with van der Waals surface area (Å²) in [6.45, 7) is 10.8. The minimum Gasteiger partial charge on any atom is -0.756 e. The van der Waals surface area contributed by atoms with Crippen molar-refractivity contribution in [1.82, 2.24) is 30.4 Å². The molecule has 5 unspecified atom stereocenters. The number of benzene rings is 5. The minimum absolute atomic E-state index is 0.0424. The van der Waals surface area contributed by atoms with Gasteiger partial charge in [-0.25, -0.2) is 13.9 Å². The second-order valence-electron chi connectivity index (χ2n) is 26.0. The number of aromatic amines is 1. The van der Waals surface area contributed by atoms with Gasteiger partial charge in [-0.1, -0.05) is 120 Å². The number of ether oxygens (including phenoxy) is 2. The first-order valence-electron chi connectivity index (χ1n) is 34.9. The Morgan fingerprint density at radius 2 is 1.20 bits per heavy atom. The smallest absolute Gasteiger partial charge is 0.330 e. The second kappa shape index (κ2) is 36.3. The van der Waals surface area contributed by atoms with E-state index in [2.05, 4.69) is 90.4 Å². The predicted molar refractivity (Wildman–Crippen MR) is 415 cm³/mol. The third-order valence-electron chi connectivity index (χ3n) is 17.6. The van der Waals surface area contributed by atoms with E-state index < -0.39 is 55.5 Å². The van der Waals surface area contributed by atoms with E-state index in [1.807, 2.05) is 163 Å². The second-order valence-corrected chi connectivity index (χ2v) is 30.8. The summed E-state index contributed by atoms with van der Waals surface area (Å²) >= 11 is 4.90. The number of carbonyl (C=O) groups excluding carboxylic acids is 3. The van der Waals surface area contributed by atoms with E-state index in [1.54, 1.807) is 63.0 Å². The van der Waals surface area contributed by atoms with Gasteiger partial charge in [0, 0.05) is 96.9 Å². The molecule has 554 valence electrons. The summed E-state index contributed by atoms with van der Waals surface area (Å²) in [4.78, 5) is 104. The first-order chi connectivity index (χ1) is 51.0. The fourth-order valence-electron chi connectivity index (χ4n) is 12.5. The maximum Gasteiger partial charge on any atom is 0.330 e. The first-order valence-corrected chi connectivity index (χ1v) is 38.9. The lowest BCUT2D eigenvalue weighted by atomic mass is 10.1. The molecule has 1 saturated heterocycles.